The van der Waals surface area contributed by atoms with E-state index in [-0.39, 0.29) is 5.82 Å². The molecule has 0 spiro atoms. The maximum atomic E-state index is 13.8. The molecule has 0 amide bonds. The molecule has 84 valence electrons. The molecule has 0 saturated carbocycles. The Balaban J connectivity index is 3.39. The van der Waals surface area contributed by atoms with Crippen LogP contribution < -0.4 is 10.5 Å². The summed E-state index contributed by atoms with van der Waals surface area (Å²) < 4.78 is 19.0. The molecule has 2 N–H and O–H groups in total. The van der Waals surface area contributed by atoms with Crippen LogP contribution in [0.15, 0.2) is 12.1 Å². The van der Waals surface area contributed by atoms with Crippen LogP contribution in [-0.4, -0.2) is 13.7 Å². The summed E-state index contributed by atoms with van der Waals surface area (Å²) in [5.41, 5.74) is 6.63. The molecule has 0 atom stereocenters. The molecule has 1 aromatic carbocycles. The Bertz CT molecular complexity index is 361. The number of hydrogen-bond acceptors (Lipinski definition) is 2. The highest BCUT2D eigenvalue weighted by atomic mass is 19.1. The lowest BCUT2D eigenvalue weighted by atomic mass is 9.83. The second-order valence-corrected chi connectivity index (χ2v) is 4.41. The Labute approximate surface area is 90.2 Å². The maximum absolute atomic E-state index is 13.8. The van der Waals surface area contributed by atoms with Gasteiger partial charge in [0.2, 0.25) is 0 Å². The fraction of sp³-hybridized carbons (Fsp3) is 0.500. The zero-order valence-corrected chi connectivity index (χ0v) is 9.73. The molecule has 0 aliphatic heterocycles. The van der Waals surface area contributed by atoms with Crippen LogP contribution in [-0.2, 0) is 5.41 Å². The lowest BCUT2D eigenvalue weighted by Crippen LogP contribution is -2.29. The molecule has 0 bridgehead atoms. The quantitative estimate of drug-likeness (QED) is 0.833. The fourth-order valence-corrected chi connectivity index (χ4v) is 1.63. The lowest BCUT2D eigenvalue weighted by Gasteiger charge is -2.26. The Morgan fingerprint density at radius 3 is 2.47 bits per heavy atom. The standard InChI is InChI=1S/C12H18FNO/c1-8-5-9(13)11(10(6-8)15-4)12(2,3)7-14/h5-6H,7,14H2,1-4H3. The Kier molecular flexibility index (Phi) is 3.35. The third-order valence-corrected chi connectivity index (χ3v) is 2.61. The zero-order valence-electron chi connectivity index (χ0n) is 9.73. The molecule has 1 rings (SSSR count). The van der Waals surface area contributed by atoms with Gasteiger partial charge in [-0.1, -0.05) is 13.8 Å². The van der Waals surface area contributed by atoms with Gasteiger partial charge < -0.3 is 10.5 Å². The van der Waals surface area contributed by atoms with Gasteiger partial charge >= 0.3 is 0 Å². The minimum atomic E-state index is -0.414. The number of hydrogen-bond donors (Lipinski definition) is 1. The SMILES string of the molecule is COc1cc(C)cc(F)c1C(C)(C)CN. The number of methoxy groups -OCH3 is 1. The third-order valence-electron chi connectivity index (χ3n) is 2.61. The summed E-state index contributed by atoms with van der Waals surface area (Å²) in [5.74, 6) is 0.324. The number of rotatable bonds is 3. The van der Waals surface area contributed by atoms with Gasteiger partial charge in [0.15, 0.2) is 0 Å². The predicted octanol–water partition coefficient (Wildman–Crippen LogP) is 2.38. The van der Waals surface area contributed by atoms with Gasteiger partial charge in [-0.15, -0.1) is 0 Å². The van der Waals surface area contributed by atoms with Crippen molar-refractivity contribution in [1.82, 2.24) is 0 Å². The first kappa shape index (κ1) is 12.0. The number of ether oxygens (including phenoxy) is 1. The molecular weight excluding hydrogens is 193 g/mol. The van der Waals surface area contributed by atoms with E-state index in [1.807, 2.05) is 26.8 Å². The predicted molar refractivity (Wildman–Crippen MR) is 59.8 cm³/mol. The van der Waals surface area contributed by atoms with E-state index in [1.54, 1.807) is 7.11 Å². The summed E-state index contributed by atoms with van der Waals surface area (Å²) in [6.45, 7) is 6.03. The van der Waals surface area contributed by atoms with Crippen LogP contribution in [0.25, 0.3) is 0 Å². The van der Waals surface area contributed by atoms with Crippen LogP contribution in [0.4, 0.5) is 4.39 Å². The van der Waals surface area contributed by atoms with Gasteiger partial charge in [-0.05, 0) is 24.6 Å². The smallest absolute Gasteiger partial charge is 0.130 e. The van der Waals surface area contributed by atoms with Crippen molar-refractivity contribution in [3.8, 4) is 5.75 Å². The normalized spacial score (nSPS) is 11.6. The molecule has 2 nitrogen and oxygen atoms in total. The fourth-order valence-electron chi connectivity index (χ4n) is 1.63. The van der Waals surface area contributed by atoms with E-state index in [0.717, 1.165) is 5.56 Å². The second-order valence-electron chi connectivity index (χ2n) is 4.41. The van der Waals surface area contributed by atoms with Crippen molar-refractivity contribution in [1.29, 1.82) is 0 Å². The molecule has 15 heavy (non-hydrogen) atoms. The number of aryl methyl sites for hydroxylation is 1. The summed E-state index contributed by atoms with van der Waals surface area (Å²) in [4.78, 5) is 0. The first-order valence-corrected chi connectivity index (χ1v) is 4.97. The second kappa shape index (κ2) is 4.19. The highest BCUT2D eigenvalue weighted by molar-refractivity contribution is 5.43. The molecule has 0 aliphatic rings. The average Bonchev–Trinajstić information content (AvgIpc) is 2.15. The van der Waals surface area contributed by atoms with Gasteiger partial charge in [-0.25, -0.2) is 4.39 Å². The van der Waals surface area contributed by atoms with Gasteiger partial charge in [0, 0.05) is 17.5 Å². The highest BCUT2D eigenvalue weighted by Gasteiger charge is 2.26. The Hall–Kier alpha value is -1.09. The van der Waals surface area contributed by atoms with Gasteiger partial charge in [0.05, 0.1) is 7.11 Å². The Morgan fingerprint density at radius 2 is 2.00 bits per heavy atom. The molecule has 0 heterocycles. The summed E-state index contributed by atoms with van der Waals surface area (Å²) in [5, 5.41) is 0. The van der Waals surface area contributed by atoms with E-state index >= 15 is 0 Å². The number of benzene rings is 1. The molecular formula is C12H18FNO. The van der Waals surface area contributed by atoms with Crippen molar-refractivity contribution in [3.63, 3.8) is 0 Å². The summed E-state index contributed by atoms with van der Waals surface area (Å²) in [7, 11) is 1.55. The van der Waals surface area contributed by atoms with Crippen LogP contribution in [0, 0.1) is 12.7 Å². The van der Waals surface area contributed by atoms with Crippen molar-refractivity contribution in [3.05, 3.63) is 29.1 Å². The largest absolute Gasteiger partial charge is 0.496 e. The molecule has 0 aromatic heterocycles. The van der Waals surface area contributed by atoms with E-state index in [1.165, 1.54) is 6.07 Å². The molecule has 0 radical (unpaired) electrons. The third kappa shape index (κ3) is 2.29. The van der Waals surface area contributed by atoms with Crippen LogP contribution in [0.2, 0.25) is 0 Å². The van der Waals surface area contributed by atoms with Gasteiger partial charge in [-0.2, -0.15) is 0 Å². The van der Waals surface area contributed by atoms with Crippen molar-refractivity contribution in [2.24, 2.45) is 5.73 Å². The van der Waals surface area contributed by atoms with Crippen molar-refractivity contribution in [2.75, 3.05) is 13.7 Å². The van der Waals surface area contributed by atoms with Crippen LogP contribution in [0.3, 0.4) is 0 Å². The van der Waals surface area contributed by atoms with E-state index in [9.17, 15) is 4.39 Å². The molecule has 0 unspecified atom stereocenters. The first-order chi connectivity index (χ1) is 6.92. The summed E-state index contributed by atoms with van der Waals surface area (Å²) in [6, 6.07) is 3.34. The summed E-state index contributed by atoms with van der Waals surface area (Å²) >= 11 is 0. The molecule has 0 fully saturated rings. The average molecular weight is 211 g/mol. The molecule has 1 aromatic rings. The van der Waals surface area contributed by atoms with Crippen LogP contribution >= 0.6 is 0 Å². The van der Waals surface area contributed by atoms with Crippen molar-refractivity contribution >= 4 is 0 Å². The van der Waals surface area contributed by atoms with Gasteiger partial charge in [0.1, 0.15) is 11.6 Å². The van der Waals surface area contributed by atoms with E-state index in [0.29, 0.717) is 17.9 Å². The molecule has 3 heteroatoms. The van der Waals surface area contributed by atoms with E-state index in [2.05, 4.69) is 0 Å². The minimum absolute atomic E-state index is 0.248. The monoisotopic (exact) mass is 211 g/mol. The van der Waals surface area contributed by atoms with Gasteiger partial charge in [0.25, 0.3) is 0 Å². The summed E-state index contributed by atoms with van der Waals surface area (Å²) in [6.07, 6.45) is 0. The zero-order chi connectivity index (χ0) is 11.6. The molecule has 0 aliphatic carbocycles. The first-order valence-electron chi connectivity index (χ1n) is 4.97. The molecule has 0 saturated heterocycles. The Morgan fingerprint density at radius 1 is 1.40 bits per heavy atom. The maximum Gasteiger partial charge on any atom is 0.130 e. The van der Waals surface area contributed by atoms with Gasteiger partial charge in [-0.3, -0.25) is 0 Å². The highest BCUT2D eigenvalue weighted by Crippen LogP contribution is 2.34. The lowest BCUT2D eigenvalue weighted by molar-refractivity contribution is 0.382. The van der Waals surface area contributed by atoms with Crippen molar-refractivity contribution < 1.29 is 9.13 Å². The minimum Gasteiger partial charge on any atom is -0.496 e. The van der Waals surface area contributed by atoms with Crippen LogP contribution in [0.1, 0.15) is 25.0 Å². The van der Waals surface area contributed by atoms with E-state index in [4.69, 9.17) is 10.5 Å². The number of nitrogens with two attached hydrogens (primary N) is 1. The van der Waals surface area contributed by atoms with Crippen LogP contribution in [0.5, 0.6) is 5.75 Å². The van der Waals surface area contributed by atoms with Crippen molar-refractivity contribution in [2.45, 2.75) is 26.2 Å². The topological polar surface area (TPSA) is 35.2 Å². The number of halogens is 1. The van der Waals surface area contributed by atoms with E-state index < -0.39 is 5.41 Å².